The largest absolute Gasteiger partial charge is 0.396 e. The lowest BCUT2D eigenvalue weighted by Gasteiger charge is -2.45. The zero-order chi connectivity index (χ0) is 10.6. The van der Waals surface area contributed by atoms with Gasteiger partial charge in [-0.3, -0.25) is 4.90 Å². The summed E-state index contributed by atoms with van der Waals surface area (Å²) in [6.07, 6.45) is 3.91. The van der Waals surface area contributed by atoms with Gasteiger partial charge < -0.3 is 10.8 Å². The first-order chi connectivity index (χ1) is 6.62. The van der Waals surface area contributed by atoms with E-state index in [9.17, 15) is 5.11 Å². The minimum absolute atomic E-state index is 0.0456. The maximum atomic E-state index is 9.29. The number of likely N-dealkylation sites (tertiary alicyclic amines) is 1. The second-order valence-corrected chi connectivity index (χ2v) is 4.82. The molecule has 3 N–H and O–H groups in total. The zero-order valence-corrected chi connectivity index (χ0v) is 9.50. The van der Waals surface area contributed by atoms with Crippen LogP contribution in [0.25, 0.3) is 0 Å². The smallest absolute Gasteiger partial charge is 0.0488 e. The highest BCUT2D eigenvalue weighted by Gasteiger charge is 2.34. The average molecular weight is 200 g/mol. The highest BCUT2D eigenvalue weighted by atomic mass is 16.3. The number of hydrogen-bond donors (Lipinski definition) is 2. The van der Waals surface area contributed by atoms with Gasteiger partial charge >= 0.3 is 0 Å². The van der Waals surface area contributed by atoms with Crippen molar-refractivity contribution >= 4 is 0 Å². The van der Waals surface area contributed by atoms with Gasteiger partial charge in [0.25, 0.3) is 0 Å². The molecular weight excluding hydrogens is 176 g/mol. The van der Waals surface area contributed by atoms with Crippen LogP contribution in [0.15, 0.2) is 0 Å². The first-order valence-electron chi connectivity index (χ1n) is 5.69. The summed E-state index contributed by atoms with van der Waals surface area (Å²) in [5.41, 5.74) is 5.73. The van der Waals surface area contributed by atoms with E-state index < -0.39 is 0 Å². The predicted molar refractivity (Wildman–Crippen MR) is 59.1 cm³/mol. The molecule has 0 aliphatic carbocycles. The Morgan fingerprint density at radius 2 is 1.86 bits per heavy atom. The molecule has 1 saturated heterocycles. The van der Waals surface area contributed by atoms with Gasteiger partial charge in [0.15, 0.2) is 0 Å². The molecule has 3 nitrogen and oxygen atoms in total. The fraction of sp³-hybridized carbons (Fsp3) is 1.00. The van der Waals surface area contributed by atoms with Crippen molar-refractivity contribution < 1.29 is 5.11 Å². The molecule has 0 bridgehead atoms. The quantitative estimate of drug-likeness (QED) is 0.706. The molecule has 0 radical (unpaired) electrons. The van der Waals surface area contributed by atoms with Crippen LogP contribution in [0.4, 0.5) is 0 Å². The van der Waals surface area contributed by atoms with Crippen molar-refractivity contribution in [2.24, 2.45) is 11.7 Å². The van der Waals surface area contributed by atoms with Gasteiger partial charge in [-0.2, -0.15) is 0 Å². The van der Waals surface area contributed by atoms with Gasteiger partial charge in [0.05, 0.1) is 0 Å². The standard InChI is InChI=1S/C11H24N2O/c1-11(2,10(8-12)9-14)13-6-4-3-5-7-13/h10,14H,3-9,12H2,1-2H3. The lowest BCUT2D eigenvalue weighted by molar-refractivity contribution is 0.0227. The van der Waals surface area contributed by atoms with Gasteiger partial charge in [0, 0.05) is 18.1 Å². The molecule has 1 unspecified atom stereocenters. The normalized spacial score (nSPS) is 22.3. The molecule has 0 aromatic carbocycles. The van der Waals surface area contributed by atoms with Crippen molar-refractivity contribution in [1.82, 2.24) is 4.90 Å². The van der Waals surface area contributed by atoms with E-state index in [4.69, 9.17) is 5.73 Å². The molecule has 1 atom stereocenters. The summed E-state index contributed by atoms with van der Waals surface area (Å²) in [7, 11) is 0. The Balaban J connectivity index is 2.60. The summed E-state index contributed by atoms with van der Waals surface area (Å²) < 4.78 is 0. The van der Waals surface area contributed by atoms with Crippen molar-refractivity contribution in [3.05, 3.63) is 0 Å². The van der Waals surface area contributed by atoms with Gasteiger partial charge in [-0.15, -0.1) is 0 Å². The summed E-state index contributed by atoms with van der Waals surface area (Å²) in [6, 6.07) is 0. The Morgan fingerprint density at radius 1 is 1.29 bits per heavy atom. The van der Waals surface area contributed by atoms with Gasteiger partial charge in [-0.1, -0.05) is 6.42 Å². The third kappa shape index (κ3) is 2.47. The van der Waals surface area contributed by atoms with E-state index >= 15 is 0 Å². The van der Waals surface area contributed by atoms with Crippen LogP contribution in [-0.4, -0.2) is 41.8 Å². The lowest BCUT2D eigenvalue weighted by Crippen LogP contribution is -2.54. The Bertz CT molecular complexity index is 161. The number of aliphatic hydroxyl groups is 1. The molecule has 1 heterocycles. The molecule has 1 aliphatic heterocycles. The Morgan fingerprint density at radius 3 is 2.29 bits per heavy atom. The molecule has 1 fully saturated rings. The molecule has 1 rings (SSSR count). The van der Waals surface area contributed by atoms with Crippen molar-refractivity contribution in [1.29, 1.82) is 0 Å². The number of rotatable bonds is 4. The molecule has 0 aromatic heterocycles. The van der Waals surface area contributed by atoms with Gasteiger partial charge in [0.2, 0.25) is 0 Å². The number of hydrogen-bond acceptors (Lipinski definition) is 3. The third-order valence-electron chi connectivity index (χ3n) is 3.68. The van der Waals surface area contributed by atoms with Crippen LogP contribution in [0, 0.1) is 5.92 Å². The van der Waals surface area contributed by atoms with Gasteiger partial charge in [-0.25, -0.2) is 0 Å². The van der Waals surface area contributed by atoms with Crippen LogP contribution < -0.4 is 5.73 Å². The number of nitrogens with zero attached hydrogens (tertiary/aromatic N) is 1. The van der Waals surface area contributed by atoms with Crippen LogP contribution in [0.3, 0.4) is 0 Å². The van der Waals surface area contributed by atoms with Crippen LogP contribution in [-0.2, 0) is 0 Å². The Labute approximate surface area is 87.3 Å². The predicted octanol–water partition coefficient (Wildman–Crippen LogP) is 0.818. The average Bonchev–Trinajstić information content (AvgIpc) is 2.20. The number of nitrogens with two attached hydrogens (primary N) is 1. The highest BCUT2D eigenvalue weighted by molar-refractivity contribution is 4.90. The van der Waals surface area contributed by atoms with Gasteiger partial charge in [0.1, 0.15) is 0 Å². The summed E-state index contributed by atoms with van der Waals surface area (Å²) in [5, 5.41) is 9.29. The molecule has 84 valence electrons. The van der Waals surface area contributed by atoms with E-state index in [0.29, 0.717) is 6.54 Å². The third-order valence-corrected chi connectivity index (χ3v) is 3.68. The maximum Gasteiger partial charge on any atom is 0.0488 e. The van der Waals surface area contributed by atoms with Crippen LogP contribution >= 0.6 is 0 Å². The van der Waals surface area contributed by atoms with E-state index in [1.807, 2.05) is 0 Å². The first kappa shape index (κ1) is 12.0. The van der Waals surface area contributed by atoms with Crippen LogP contribution in [0.1, 0.15) is 33.1 Å². The minimum Gasteiger partial charge on any atom is -0.396 e. The van der Waals surface area contributed by atoms with E-state index in [1.165, 1.54) is 19.3 Å². The van der Waals surface area contributed by atoms with E-state index in [2.05, 4.69) is 18.7 Å². The Hall–Kier alpha value is -0.120. The van der Waals surface area contributed by atoms with Gasteiger partial charge in [-0.05, 0) is 46.3 Å². The monoisotopic (exact) mass is 200 g/mol. The fourth-order valence-corrected chi connectivity index (χ4v) is 2.31. The summed E-state index contributed by atoms with van der Waals surface area (Å²) in [4.78, 5) is 2.48. The summed E-state index contributed by atoms with van der Waals surface area (Å²) in [6.45, 7) is 7.48. The second kappa shape index (κ2) is 5.10. The number of aliphatic hydroxyl groups excluding tert-OH is 1. The fourth-order valence-electron chi connectivity index (χ4n) is 2.31. The molecule has 1 aliphatic rings. The minimum atomic E-state index is 0.0456. The van der Waals surface area contributed by atoms with E-state index in [-0.39, 0.29) is 18.1 Å². The van der Waals surface area contributed by atoms with Crippen LogP contribution in [0.5, 0.6) is 0 Å². The first-order valence-corrected chi connectivity index (χ1v) is 5.69. The molecule has 3 heteroatoms. The van der Waals surface area contributed by atoms with Crippen molar-refractivity contribution in [3.8, 4) is 0 Å². The molecular formula is C11H24N2O. The van der Waals surface area contributed by atoms with Crippen molar-refractivity contribution in [2.45, 2.75) is 38.6 Å². The Kier molecular flexibility index (Phi) is 4.35. The molecule has 0 amide bonds. The molecule has 14 heavy (non-hydrogen) atoms. The molecule has 0 spiro atoms. The maximum absolute atomic E-state index is 9.29. The lowest BCUT2D eigenvalue weighted by atomic mass is 9.85. The zero-order valence-electron chi connectivity index (χ0n) is 9.50. The molecule has 0 saturated carbocycles. The number of piperidine rings is 1. The van der Waals surface area contributed by atoms with Crippen molar-refractivity contribution in [2.75, 3.05) is 26.2 Å². The molecule has 0 aromatic rings. The second-order valence-electron chi connectivity index (χ2n) is 4.82. The van der Waals surface area contributed by atoms with E-state index in [1.54, 1.807) is 0 Å². The topological polar surface area (TPSA) is 49.5 Å². The van der Waals surface area contributed by atoms with Crippen LogP contribution in [0.2, 0.25) is 0 Å². The summed E-state index contributed by atoms with van der Waals surface area (Å²) >= 11 is 0. The summed E-state index contributed by atoms with van der Waals surface area (Å²) in [5.74, 6) is 0.195. The van der Waals surface area contributed by atoms with Crippen molar-refractivity contribution in [3.63, 3.8) is 0 Å². The van der Waals surface area contributed by atoms with E-state index in [0.717, 1.165) is 13.1 Å². The highest BCUT2D eigenvalue weighted by Crippen LogP contribution is 2.27. The SMILES string of the molecule is CC(C)(C(CN)CO)N1CCCCC1.